The first-order valence-corrected chi connectivity index (χ1v) is 10.8. The Hall–Kier alpha value is -1.66. The molecule has 3 heteroatoms. The summed E-state index contributed by atoms with van der Waals surface area (Å²) < 4.78 is 28.1. The molecule has 0 amide bonds. The highest BCUT2D eigenvalue weighted by Gasteiger charge is 2.41. The van der Waals surface area contributed by atoms with E-state index in [4.69, 9.17) is 0 Å². The molecule has 0 radical (unpaired) electrons. The molecule has 0 N–H and O–H groups in total. The minimum Gasteiger partial charge on any atom is -0.207 e. The molecule has 0 atom stereocenters. The fraction of sp³-hybridized carbons (Fsp3) is 0.429. The summed E-state index contributed by atoms with van der Waals surface area (Å²) in [6, 6.07) is 7.55. The second kappa shape index (κ2) is 7.07. The molecular weight excluding hydrogens is 318 g/mol. The highest BCUT2D eigenvalue weighted by atomic mass is 28.3. The van der Waals surface area contributed by atoms with Crippen LogP contribution in [-0.2, 0) is 0 Å². The van der Waals surface area contributed by atoms with Crippen molar-refractivity contribution in [3.63, 3.8) is 0 Å². The zero-order valence-electron chi connectivity index (χ0n) is 15.4. The van der Waals surface area contributed by atoms with Crippen LogP contribution in [0.15, 0.2) is 30.3 Å². The lowest BCUT2D eigenvalue weighted by molar-refractivity contribution is 0.623. The number of hydrogen-bond acceptors (Lipinski definition) is 0. The van der Waals surface area contributed by atoms with E-state index >= 15 is 0 Å². The third-order valence-electron chi connectivity index (χ3n) is 5.20. The highest BCUT2D eigenvalue weighted by Crippen LogP contribution is 2.41. The lowest BCUT2D eigenvalue weighted by atomic mass is 10.0. The Kier molecular flexibility index (Phi) is 5.50. The molecule has 128 valence electrons. The van der Waals surface area contributed by atoms with Gasteiger partial charge < -0.3 is 0 Å². The van der Waals surface area contributed by atoms with Crippen molar-refractivity contribution >= 4 is 18.8 Å². The molecule has 0 saturated carbocycles. The second-order valence-corrected chi connectivity index (χ2v) is 13.0. The normalized spacial score (nSPS) is 12.1. The SMILES string of the molecule is CC(C)[Si](C#Cc1c(F)ccc2ccc(F)cc12)(C(C)C)C(C)C. The molecule has 0 aliphatic heterocycles. The van der Waals surface area contributed by atoms with E-state index in [0.717, 1.165) is 5.39 Å². The smallest absolute Gasteiger partial charge is 0.146 e. The van der Waals surface area contributed by atoms with Gasteiger partial charge in [-0.1, -0.05) is 59.6 Å². The van der Waals surface area contributed by atoms with Crippen molar-refractivity contribution in [1.82, 2.24) is 0 Å². The Morgan fingerprint density at radius 3 is 1.92 bits per heavy atom. The maximum absolute atomic E-state index is 14.4. The zero-order chi connectivity index (χ0) is 18.1. The van der Waals surface area contributed by atoms with Crippen molar-refractivity contribution in [3.8, 4) is 11.5 Å². The van der Waals surface area contributed by atoms with Crippen LogP contribution < -0.4 is 0 Å². The molecule has 0 saturated heterocycles. The summed E-state index contributed by atoms with van der Waals surface area (Å²) in [4.78, 5) is 0. The Labute approximate surface area is 145 Å². The van der Waals surface area contributed by atoms with E-state index in [0.29, 0.717) is 27.6 Å². The summed E-state index contributed by atoms with van der Waals surface area (Å²) in [5.74, 6) is 2.40. The third-order valence-corrected chi connectivity index (χ3v) is 11.5. The largest absolute Gasteiger partial charge is 0.207 e. The molecule has 0 fully saturated rings. The van der Waals surface area contributed by atoms with E-state index < -0.39 is 8.07 Å². The van der Waals surface area contributed by atoms with Crippen molar-refractivity contribution in [1.29, 1.82) is 0 Å². The van der Waals surface area contributed by atoms with Gasteiger partial charge in [-0.05, 0) is 40.2 Å². The Balaban J connectivity index is 2.71. The van der Waals surface area contributed by atoms with E-state index in [1.807, 2.05) is 0 Å². The summed E-state index contributed by atoms with van der Waals surface area (Å²) in [6.07, 6.45) is 0. The van der Waals surface area contributed by atoms with E-state index in [1.54, 1.807) is 12.1 Å². The standard InChI is InChI=1S/C21H26F2Si/c1-14(2)24(15(3)4,16(5)6)12-11-19-20-13-18(22)9-7-17(20)8-10-21(19)23/h7-10,13-16H,1-6H3. The van der Waals surface area contributed by atoms with Gasteiger partial charge in [-0.2, -0.15) is 0 Å². The monoisotopic (exact) mass is 344 g/mol. The highest BCUT2D eigenvalue weighted by molar-refractivity contribution is 6.90. The van der Waals surface area contributed by atoms with Crippen molar-refractivity contribution in [2.45, 2.75) is 58.2 Å². The van der Waals surface area contributed by atoms with Crippen LogP contribution in [0.25, 0.3) is 10.8 Å². The molecule has 0 unspecified atom stereocenters. The summed E-state index contributed by atoms with van der Waals surface area (Å²) in [5, 5.41) is 1.37. The summed E-state index contributed by atoms with van der Waals surface area (Å²) in [6.45, 7) is 13.3. The molecule has 0 aliphatic rings. The summed E-state index contributed by atoms with van der Waals surface area (Å²) in [7, 11) is -1.96. The number of hydrogen-bond donors (Lipinski definition) is 0. The molecule has 2 aromatic carbocycles. The maximum atomic E-state index is 14.4. The molecule has 0 nitrogen and oxygen atoms in total. The predicted octanol–water partition coefficient (Wildman–Crippen LogP) is 6.69. The molecule has 0 spiro atoms. The molecule has 24 heavy (non-hydrogen) atoms. The zero-order valence-corrected chi connectivity index (χ0v) is 16.4. The molecule has 0 bridgehead atoms. The first-order chi connectivity index (χ1) is 11.2. The van der Waals surface area contributed by atoms with Gasteiger partial charge in [-0.25, -0.2) is 8.78 Å². The number of rotatable bonds is 3. The maximum Gasteiger partial charge on any atom is 0.146 e. The Bertz CT molecular complexity index is 768. The lowest BCUT2D eigenvalue weighted by Gasteiger charge is -2.38. The Morgan fingerprint density at radius 2 is 1.38 bits per heavy atom. The second-order valence-electron chi connectivity index (χ2n) is 7.43. The van der Waals surface area contributed by atoms with Gasteiger partial charge in [0.2, 0.25) is 0 Å². The average molecular weight is 345 g/mol. The van der Waals surface area contributed by atoms with Gasteiger partial charge >= 0.3 is 0 Å². The van der Waals surface area contributed by atoms with Crippen molar-refractivity contribution in [2.75, 3.05) is 0 Å². The molecule has 2 rings (SSSR count). The molecule has 0 heterocycles. The van der Waals surface area contributed by atoms with E-state index in [-0.39, 0.29) is 11.6 Å². The van der Waals surface area contributed by atoms with Gasteiger partial charge in [0.05, 0.1) is 5.56 Å². The van der Waals surface area contributed by atoms with Gasteiger partial charge in [-0.15, -0.1) is 5.54 Å². The molecule has 0 aromatic heterocycles. The lowest BCUT2D eigenvalue weighted by Crippen LogP contribution is -2.43. The number of benzene rings is 2. The first kappa shape index (κ1) is 18.7. The number of fused-ring (bicyclic) bond motifs is 1. The van der Waals surface area contributed by atoms with Crippen LogP contribution in [0, 0.1) is 23.1 Å². The van der Waals surface area contributed by atoms with Gasteiger partial charge in [0.25, 0.3) is 0 Å². The van der Waals surface area contributed by atoms with Crippen LogP contribution in [0.5, 0.6) is 0 Å². The van der Waals surface area contributed by atoms with Crippen LogP contribution in [0.2, 0.25) is 16.6 Å². The minimum atomic E-state index is -1.96. The number of halogens is 2. The first-order valence-electron chi connectivity index (χ1n) is 8.61. The van der Waals surface area contributed by atoms with E-state index in [1.165, 1.54) is 18.2 Å². The topological polar surface area (TPSA) is 0 Å². The average Bonchev–Trinajstić information content (AvgIpc) is 2.48. The predicted molar refractivity (Wildman–Crippen MR) is 102 cm³/mol. The van der Waals surface area contributed by atoms with Gasteiger partial charge in [0, 0.05) is 5.39 Å². The van der Waals surface area contributed by atoms with Crippen molar-refractivity contribution in [2.24, 2.45) is 0 Å². The van der Waals surface area contributed by atoms with Crippen molar-refractivity contribution < 1.29 is 8.78 Å². The minimum absolute atomic E-state index is 0.325. The summed E-state index contributed by atoms with van der Waals surface area (Å²) in [5.41, 5.74) is 5.27. The fourth-order valence-electron chi connectivity index (χ4n) is 4.00. The van der Waals surface area contributed by atoms with Crippen LogP contribution in [0.3, 0.4) is 0 Å². The van der Waals surface area contributed by atoms with Gasteiger partial charge in [0.15, 0.2) is 0 Å². The van der Waals surface area contributed by atoms with Gasteiger partial charge in [-0.3, -0.25) is 0 Å². The van der Waals surface area contributed by atoms with Crippen LogP contribution in [0.1, 0.15) is 47.1 Å². The van der Waals surface area contributed by atoms with Crippen LogP contribution in [0.4, 0.5) is 8.78 Å². The quantitative estimate of drug-likeness (QED) is 0.430. The van der Waals surface area contributed by atoms with Gasteiger partial charge in [0.1, 0.15) is 19.7 Å². The van der Waals surface area contributed by atoms with Crippen LogP contribution >= 0.6 is 0 Å². The van der Waals surface area contributed by atoms with E-state index in [9.17, 15) is 8.78 Å². The van der Waals surface area contributed by atoms with Crippen molar-refractivity contribution in [3.05, 3.63) is 47.5 Å². The molecule has 2 aromatic rings. The van der Waals surface area contributed by atoms with Crippen LogP contribution in [-0.4, -0.2) is 8.07 Å². The Morgan fingerprint density at radius 1 is 0.833 bits per heavy atom. The molecule has 0 aliphatic carbocycles. The fourth-order valence-corrected chi connectivity index (χ4v) is 9.20. The third kappa shape index (κ3) is 3.25. The summed E-state index contributed by atoms with van der Waals surface area (Å²) >= 11 is 0. The van der Waals surface area contributed by atoms with E-state index in [2.05, 4.69) is 53.0 Å². The molecular formula is C21H26F2Si.